The first-order chi connectivity index (χ1) is 26.3. The third kappa shape index (κ3) is 7.43. The summed E-state index contributed by atoms with van der Waals surface area (Å²) in [6, 6.07) is 25.6. The molecule has 5 atom stereocenters. The molecule has 55 heavy (non-hydrogen) atoms. The Labute approximate surface area is 319 Å². The highest BCUT2D eigenvalue weighted by molar-refractivity contribution is 6.31. The summed E-state index contributed by atoms with van der Waals surface area (Å²) < 4.78 is 11.6. The normalized spacial score (nSPS) is 19.8. The molecule has 6 N–H and O–H groups in total. The average molecular weight is 766 g/mol. The third-order valence-electron chi connectivity index (χ3n) is 9.92. The molecule has 0 spiro atoms. The number of carbonyl (C=O) groups is 2. The number of hydrogen-bond acceptors (Lipinski definition) is 10. The number of ether oxygens (including phenoxy) is 1. The number of carboxylic acids is 1. The van der Waals surface area contributed by atoms with E-state index < -0.39 is 49.0 Å². The Morgan fingerprint density at radius 3 is 2.27 bits per heavy atom. The Hall–Kier alpha value is -5.60. The summed E-state index contributed by atoms with van der Waals surface area (Å²) in [5.41, 5.74) is 4.17. The van der Waals surface area contributed by atoms with E-state index in [0.717, 1.165) is 11.1 Å². The minimum Gasteiger partial charge on any atom is -0.508 e. The van der Waals surface area contributed by atoms with Gasteiger partial charge in [-0.25, -0.2) is 4.79 Å². The number of aliphatic hydroxyl groups is 4. The van der Waals surface area contributed by atoms with E-state index >= 15 is 0 Å². The predicted octanol–water partition coefficient (Wildman–Crippen LogP) is 5.00. The Kier molecular flexibility index (Phi) is 10.5. The number of amides is 1. The molecule has 1 fully saturated rings. The summed E-state index contributed by atoms with van der Waals surface area (Å²) >= 11 is 6.52. The monoisotopic (exact) mass is 765 g/mol. The lowest BCUT2D eigenvalue weighted by Crippen LogP contribution is -2.55. The maximum Gasteiger partial charge on any atom is 0.336 e. The molecule has 0 saturated carbocycles. The van der Waals surface area contributed by atoms with Crippen LogP contribution in [0.2, 0.25) is 5.02 Å². The van der Waals surface area contributed by atoms with Crippen molar-refractivity contribution in [3.05, 3.63) is 146 Å². The number of aromatic carboxylic acids is 1. The fourth-order valence-corrected chi connectivity index (χ4v) is 7.24. The van der Waals surface area contributed by atoms with Crippen molar-refractivity contribution in [2.45, 2.75) is 43.5 Å². The van der Waals surface area contributed by atoms with Crippen LogP contribution in [0.15, 0.2) is 106 Å². The summed E-state index contributed by atoms with van der Waals surface area (Å²) in [5, 5.41) is 62.0. The maximum atomic E-state index is 13.6. The van der Waals surface area contributed by atoms with Crippen molar-refractivity contribution in [3.8, 4) is 28.2 Å². The standard InChI is InChI=1S/C42H36ClNO11/c1-44(19-22-4-2-21(3-5-22)14-25-15-23(7-13-32(25)43)40-39(50)38(49)37(48)35(20-45)55-40)41(51)24-6-10-28(31(16-24)42(52)53)36-29-11-8-26(46)17-33(29)54-34-18-27(47)9-12-30(34)36/h2-13,15-18,35,37-40,45-46,48-50H,14,19-20H2,1H3,(H,52,53)/t35-,37-,38+,39-,40+/m1/s1. The number of benzene rings is 5. The van der Waals surface area contributed by atoms with Crippen LogP contribution in [-0.4, -0.2) is 85.5 Å². The van der Waals surface area contributed by atoms with Crippen LogP contribution in [0.3, 0.4) is 0 Å². The van der Waals surface area contributed by atoms with Gasteiger partial charge in [0.1, 0.15) is 47.6 Å². The summed E-state index contributed by atoms with van der Waals surface area (Å²) in [6.45, 7) is -0.322. The lowest BCUT2D eigenvalue weighted by Gasteiger charge is -2.40. The van der Waals surface area contributed by atoms with Crippen LogP contribution >= 0.6 is 11.6 Å². The van der Waals surface area contributed by atoms with E-state index in [1.165, 1.54) is 35.2 Å². The number of nitrogens with zero attached hydrogens (tertiary/aromatic N) is 1. The van der Waals surface area contributed by atoms with Gasteiger partial charge in [-0.05, 0) is 76.7 Å². The molecule has 7 rings (SSSR count). The Balaban J connectivity index is 1.10. The summed E-state index contributed by atoms with van der Waals surface area (Å²) in [6.07, 6.45) is -6.04. The van der Waals surface area contributed by atoms with E-state index in [9.17, 15) is 45.0 Å². The highest BCUT2D eigenvalue weighted by atomic mass is 35.5. The SMILES string of the molecule is CN(Cc1ccc(Cc2cc([C@@H]3O[C@H](CO)[C@@H](O)[C@H](O)[C@H]3O)ccc2Cl)cc1)C(=O)c1ccc(-c2c3ccc(=O)cc-3oc3cc(O)ccc23)c(C(=O)O)c1. The van der Waals surface area contributed by atoms with Gasteiger partial charge in [-0.15, -0.1) is 0 Å². The minimum atomic E-state index is -1.51. The van der Waals surface area contributed by atoms with Crippen LogP contribution in [0.1, 0.15) is 49.1 Å². The van der Waals surface area contributed by atoms with Gasteiger partial charge in [0.25, 0.3) is 5.91 Å². The Morgan fingerprint density at radius 2 is 1.55 bits per heavy atom. The van der Waals surface area contributed by atoms with E-state index in [4.69, 9.17) is 20.8 Å². The van der Waals surface area contributed by atoms with Crippen LogP contribution in [0.25, 0.3) is 33.4 Å². The zero-order valence-electron chi connectivity index (χ0n) is 29.3. The first kappa shape index (κ1) is 37.7. The average Bonchev–Trinajstić information content (AvgIpc) is 3.17. The number of fused-ring (bicyclic) bond motifs is 2. The topological polar surface area (TPSA) is 198 Å². The lowest BCUT2D eigenvalue weighted by molar-refractivity contribution is -0.231. The second kappa shape index (κ2) is 15.3. The molecule has 0 aromatic heterocycles. The molecule has 0 unspecified atom stereocenters. The van der Waals surface area contributed by atoms with Crippen molar-refractivity contribution >= 4 is 34.4 Å². The van der Waals surface area contributed by atoms with E-state index in [1.807, 2.05) is 24.3 Å². The fraction of sp³-hybridized carbons (Fsp3) is 0.214. The highest BCUT2D eigenvalue weighted by Crippen LogP contribution is 2.42. The van der Waals surface area contributed by atoms with Gasteiger partial charge in [-0.1, -0.05) is 54.1 Å². The van der Waals surface area contributed by atoms with Crippen molar-refractivity contribution < 1.29 is 49.4 Å². The second-order valence-corrected chi connectivity index (χ2v) is 14.0. The molecule has 4 aromatic carbocycles. The summed E-state index contributed by atoms with van der Waals surface area (Å²) in [5.74, 6) is -1.52. The largest absolute Gasteiger partial charge is 0.508 e. The van der Waals surface area contributed by atoms with Crippen molar-refractivity contribution in [1.29, 1.82) is 0 Å². The lowest BCUT2D eigenvalue weighted by atomic mass is 9.89. The quantitative estimate of drug-likeness (QED) is 0.108. The molecule has 1 amide bonds. The van der Waals surface area contributed by atoms with Crippen molar-refractivity contribution in [2.75, 3.05) is 13.7 Å². The van der Waals surface area contributed by atoms with Crippen LogP contribution in [-0.2, 0) is 17.7 Å². The van der Waals surface area contributed by atoms with Crippen molar-refractivity contribution in [2.24, 2.45) is 0 Å². The zero-order valence-corrected chi connectivity index (χ0v) is 30.1. The van der Waals surface area contributed by atoms with Crippen LogP contribution in [0.4, 0.5) is 0 Å². The number of aromatic hydroxyl groups is 1. The third-order valence-corrected chi connectivity index (χ3v) is 10.3. The molecule has 2 aliphatic heterocycles. The first-order valence-electron chi connectivity index (χ1n) is 17.3. The number of aliphatic hydroxyl groups excluding tert-OH is 4. The van der Waals surface area contributed by atoms with Gasteiger partial charge in [0.2, 0.25) is 0 Å². The molecular weight excluding hydrogens is 730 g/mol. The number of hydrogen-bond donors (Lipinski definition) is 6. The fourth-order valence-electron chi connectivity index (χ4n) is 7.05. The van der Waals surface area contributed by atoms with Crippen molar-refractivity contribution in [3.63, 3.8) is 0 Å². The molecule has 12 nitrogen and oxygen atoms in total. The Morgan fingerprint density at radius 1 is 0.818 bits per heavy atom. The number of carboxylic acid groups (broad SMARTS) is 1. The molecule has 0 radical (unpaired) electrons. The van der Waals surface area contributed by atoms with Crippen molar-refractivity contribution in [1.82, 2.24) is 4.90 Å². The molecule has 282 valence electrons. The first-order valence-corrected chi connectivity index (χ1v) is 17.7. The van der Waals surface area contributed by atoms with Crippen LogP contribution < -0.4 is 5.43 Å². The molecule has 0 bridgehead atoms. The number of phenolic OH excluding ortho intramolecular Hbond substituents is 1. The minimum absolute atomic E-state index is 0.0683. The van der Waals surface area contributed by atoms with Gasteiger partial charge >= 0.3 is 5.97 Å². The highest BCUT2D eigenvalue weighted by Gasteiger charge is 2.44. The van der Waals surface area contributed by atoms with E-state index in [0.29, 0.717) is 44.6 Å². The maximum absolute atomic E-state index is 13.6. The second-order valence-electron chi connectivity index (χ2n) is 13.6. The Bertz CT molecular complexity index is 2440. The summed E-state index contributed by atoms with van der Waals surface area (Å²) in [7, 11) is 1.61. The predicted molar refractivity (Wildman–Crippen MR) is 202 cm³/mol. The molecule has 1 aliphatic carbocycles. The molecule has 4 aromatic rings. The zero-order chi connectivity index (χ0) is 39.1. The number of rotatable bonds is 9. The molecular formula is C42H36ClNO11. The van der Waals surface area contributed by atoms with Crippen LogP contribution in [0.5, 0.6) is 5.75 Å². The molecule has 1 saturated heterocycles. The van der Waals surface area contributed by atoms with Gasteiger partial charge in [-0.3, -0.25) is 9.59 Å². The van der Waals surface area contributed by atoms with Gasteiger partial charge < -0.3 is 44.7 Å². The van der Waals surface area contributed by atoms with E-state index in [1.54, 1.807) is 49.5 Å². The van der Waals surface area contributed by atoms with Gasteiger partial charge in [0.05, 0.1) is 12.2 Å². The smallest absolute Gasteiger partial charge is 0.336 e. The number of halogens is 1. The molecule has 3 aliphatic rings. The number of carbonyl (C=O) groups excluding carboxylic acids is 1. The van der Waals surface area contributed by atoms with E-state index in [2.05, 4.69) is 0 Å². The molecule has 2 heterocycles. The van der Waals surface area contributed by atoms with Gasteiger partial charge in [0.15, 0.2) is 5.43 Å². The van der Waals surface area contributed by atoms with Gasteiger partial charge in [0, 0.05) is 52.8 Å². The van der Waals surface area contributed by atoms with Crippen LogP contribution in [0, 0.1) is 0 Å². The summed E-state index contributed by atoms with van der Waals surface area (Å²) in [4.78, 5) is 39.9. The van der Waals surface area contributed by atoms with E-state index in [-0.39, 0.29) is 40.2 Å². The van der Waals surface area contributed by atoms with Gasteiger partial charge in [-0.2, -0.15) is 0 Å². The number of phenols is 1. The molecule has 13 heteroatoms.